The topological polar surface area (TPSA) is 51.0 Å². The average Bonchev–Trinajstić information content (AvgIpc) is 3.12. The minimum Gasteiger partial charge on any atom is -0.331 e. The highest BCUT2D eigenvalue weighted by atomic mass is 35.5. The van der Waals surface area contributed by atoms with E-state index in [1.54, 1.807) is 17.3 Å². The lowest BCUT2D eigenvalue weighted by atomic mass is 9.97. The molecule has 0 unspecified atom stereocenters. The molecule has 0 N–H and O–H groups in total. The van der Waals surface area contributed by atoms with Crippen molar-refractivity contribution in [2.24, 2.45) is 0 Å². The van der Waals surface area contributed by atoms with Crippen LogP contribution in [0.5, 0.6) is 0 Å². The zero-order valence-corrected chi connectivity index (χ0v) is 16.5. The third-order valence-electron chi connectivity index (χ3n) is 5.14. The molecule has 0 spiro atoms. The largest absolute Gasteiger partial charge is 0.331 e. The lowest BCUT2D eigenvalue weighted by Gasteiger charge is -2.27. The average molecular weight is 393 g/mol. The maximum absolute atomic E-state index is 12.2. The van der Waals surface area contributed by atoms with E-state index in [4.69, 9.17) is 16.7 Å². The van der Waals surface area contributed by atoms with E-state index in [0.717, 1.165) is 45.1 Å². The van der Waals surface area contributed by atoms with Crippen LogP contribution in [0.15, 0.2) is 55.4 Å². The van der Waals surface area contributed by atoms with E-state index in [9.17, 15) is 4.79 Å². The van der Waals surface area contributed by atoms with Gasteiger partial charge in [0.25, 0.3) is 0 Å². The maximum Gasteiger partial charge on any atom is 0.246 e. The molecule has 3 heterocycles. The fraction of sp³-hybridized carbons (Fsp3) is 0.227. The Kier molecular flexibility index (Phi) is 5.01. The first-order valence-electron chi connectivity index (χ1n) is 9.32. The van der Waals surface area contributed by atoms with E-state index in [1.807, 2.05) is 28.9 Å². The van der Waals surface area contributed by atoms with Crippen LogP contribution in [0.2, 0.25) is 5.02 Å². The summed E-state index contributed by atoms with van der Waals surface area (Å²) in [5, 5.41) is 5.68. The van der Waals surface area contributed by atoms with Gasteiger partial charge in [-0.05, 0) is 47.9 Å². The predicted molar refractivity (Wildman–Crippen MR) is 111 cm³/mol. The summed E-state index contributed by atoms with van der Waals surface area (Å²) in [6.07, 6.45) is 5.77. The molecule has 1 aliphatic rings. The number of carbonyl (C=O) groups is 1. The predicted octanol–water partition coefficient (Wildman–Crippen LogP) is 4.36. The second kappa shape index (κ2) is 7.60. The molecule has 1 amide bonds. The van der Waals surface area contributed by atoms with Crippen LogP contribution in [0.4, 0.5) is 0 Å². The van der Waals surface area contributed by atoms with Crippen LogP contribution in [0, 0.1) is 0 Å². The highest BCUT2D eigenvalue weighted by molar-refractivity contribution is 6.31. The van der Waals surface area contributed by atoms with Gasteiger partial charge < -0.3 is 4.90 Å². The Labute approximate surface area is 169 Å². The minimum absolute atomic E-state index is 0.0607. The number of nitrogens with zero attached hydrogens (tertiary/aromatic N) is 4. The van der Waals surface area contributed by atoms with Crippen molar-refractivity contribution in [3.05, 3.63) is 71.7 Å². The molecule has 1 aliphatic heterocycles. The van der Waals surface area contributed by atoms with E-state index in [1.165, 1.54) is 6.08 Å². The molecule has 0 radical (unpaired) electrons. The number of rotatable bonds is 4. The van der Waals surface area contributed by atoms with E-state index in [0.29, 0.717) is 19.6 Å². The lowest BCUT2D eigenvalue weighted by molar-refractivity contribution is -0.127. The number of hydrogen-bond donors (Lipinski definition) is 0. The van der Waals surface area contributed by atoms with Crippen molar-refractivity contribution >= 4 is 17.5 Å². The number of pyridine rings is 1. The number of carbonyl (C=O) groups excluding carboxylic acids is 1. The van der Waals surface area contributed by atoms with Crippen molar-refractivity contribution in [3.63, 3.8) is 0 Å². The molecule has 5 nitrogen and oxygen atoms in total. The Morgan fingerprint density at radius 2 is 2.00 bits per heavy atom. The van der Waals surface area contributed by atoms with Crippen LogP contribution in [0.1, 0.15) is 18.2 Å². The second-order valence-electron chi connectivity index (χ2n) is 6.75. The molecule has 28 heavy (non-hydrogen) atoms. The van der Waals surface area contributed by atoms with Crippen LogP contribution >= 0.6 is 11.6 Å². The van der Waals surface area contributed by atoms with Gasteiger partial charge >= 0.3 is 0 Å². The first kappa shape index (κ1) is 18.4. The third-order valence-corrected chi connectivity index (χ3v) is 5.50. The van der Waals surface area contributed by atoms with Crippen LogP contribution < -0.4 is 0 Å². The SMILES string of the molecule is C=CC(=O)N1CCn2nc(-c3ccc(Cl)c(CC)c3)c(-c3ccncc3)c2C1. The van der Waals surface area contributed by atoms with Gasteiger partial charge in [-0.15, -0.1) is 0 Å². The van der Waals surface area contributed by atoms with Gasteiger partial charge in [-0.3, -0.25) is 14.5 Å². The van der Waals surface area contributed by atoms with Crippen molar-refractivity contribution in [3.8, 4) is 22.4 Å². The van der Waals surface area contributed by atoms with Gasteiger partial charge in [0.15, 0.2) is 0 Å². The zero-order chi connectivity index (χ0) is 19.7. The summed E-state index contributed by atoms with van der Waals surface area (Å²) in [4.78, 5) is 18.1. The second-order valence-corrected chi connectivity index (χ2v) is 7.16. The van der Waals surface area contributed by atoms with Gasteiger partial charge in [0, 0.05) is 35.1 Å². The van der Waals surface area contributed by atoms with Crippen LogP contribution in [0.3, 0.4) is 0 Å². The number of benzene rings is 1. The van der Waals surface area contributed by atoms with Gasteiger partial charge in [0.2, 0.25) is 5.91 Å². The summed E-state index contributed by atoms with van der Waals surface area (Å²) in [5.41, 5.74) is 6.11. The monoisotopic (exact) mass is 392 g/mol. The highest BCUT2D eigenvalue weighted by Crippen LogP contribution is 2.37. The summed E-state index contributed by atoms with van der Waals surface area (Å²) < 4.78 is 2.01. The molecule has 0 saturated heterocycles. The van der Waals surface area contributed by atoms with Gasteiger partial charge in [0.05, 0.1) is 18.8 Å². The maximum atomic E-state index is 12.2. The molecular weight excluding hydrogens is 372 g/mol. The van der Waals surface area contributed by atoms with Gasteiger partial charge in [-0.1, -0.05) is 31.2 Å². The molecule has 6 heteroatoms. The number of halogens is 1. The smallest absolute Gasteiger partial charge is 0.246 e. The molecule has 0 atom stereocenters. The number of amides is 1. The number of fused-ring (bicyclic) bond motifs is 1. The van der Waals surface area contributed by atoms with Crippen LogP contribution in [-0.2, 0) is 24.3 Å². The molecule has 142 valence electrons. The van der Waals surface area contributed by atoms with Gasteiger partial charge in [-0.25, -0.2) is 0 Å². The van der Waals surface area contributed by atoms with Crippen molar-refractivity contribution in [1.29, 1.82) is 0 Å². The Bertz CT molecular complexity index is 1040. The molecular formula is C22H21ClN4O. The van der Waals surface area contributed by atoms with E-state index in [-0.39, 0.29) is 5.91 Å². The Balaban J connectivity index is 1.90. The van der Waals surface area contributed by atoms with Gasteiger partial charge in [-0.2, -0.15) is 5.10 Å². The number of aryl methyl sites for hydroxylation is 1. The molecule has 0 bridgehead atoms. The summed E-state index contributed by atoms with van der Waals surface area (Å²) >= 11 is 6.32. The lowest BCUT2D eigenvalue weighted by Crippen LogP contribution is -2.37. The summed E-state index contributed by atoms with van der Waals surface area (Å²) in [7, 11) is 0. The van der Waals surface area contributed by atoms with Crippen molar-refractivity contribution in [2.45, 2.75) is 26.4 Å². The van der Waals surface area contributed by atoms with E-state index < -0.39 is 0 Å². The molecule has 1 aromatic carbocycles. The Morgan fingerprint density at radius 1 is 1.21 bits per heavy atom. The first-order chi connectivity index (χ1) is 13.6. The summed E-state index contributed by atoms with van der Waals surface area (Å²) in [6.45, 7) is 7.49. The zero-order valence-electron chi connectivity index (χ0n) is 15.7. The number of aromatic nitrogens is 3. The molecule has 4 rings (SSSR count). The van der Waals surface area contributed by atoms with E-state index >= 15 is 0 Å². The van der Waals surface area contributed by atoms with Crippen molar-refractivity contribution in [2.75, 3.05) is 6.54 Å². The molecule has 0 saturated carbocycles. The fourth-order valence-corrected chi connectivity index (χ4v) is 3.90. The molecule has 0 fully saturated rings. The fourth-order valence-electron chi connectivity index (χ4n) is 3.65. The van der Waals surface area contributed by atoms with Crippen LogP contribution in [-0.4, -0.2) is 32.1 Å². The Morgan fingerprint density at radius 3 is 2.71 bits per heavy atom. The third kappa shape index (κ3) is 3.22. The number of hydrogen-bond acceptors (Lipinski definition) is 3. The summed E-state index contributed by atoms with van der Waals surface area (Å²) in [5.74, 6) is -0.0607. The highest BCUT2D eigenvalue weighted by Gasteiger charge is 2.27. The van der Waals surface area contributed by atoms with Gasteiger partial charge in [0.1, 0.15) is 5.69 Å². The van der Waals surface area contributed by atoms with E-state index in [2.05, 4.69) is 24.6 Å². The molecule has 0 aliphatic carbocycles. The Hall–Kier alpha value is -2.92. The molecule has 3 aromatic rings. The van der Waals surface area contributed by atoms with Crippen LogP contribution in [0.25, 0.3) is 22.4 Å². The minimum atomic E-state index is -0.0607. The summed E-state index contributed by atoms with van der Waals surface area (Å²) in [6, 6.07) is 10.00. The van der Waals surface area contributed by atoms with Crippen molar-refractivity contribution in [1.82, 2.24) is 19.7 Å². The quantitative estimate of drug-likeness (QED) is 0.620. The first-order valence-corrected chi connectivity index (χ1v) is 9.70. The van der Waals surface area contributed by atoms with Crippen molar-refractivity contribution < 1.29 is 4.79 Å². The molecule has 2 aromatic heterocycles. The standard InChI is InChI=1S/C22H21ClN4O/c1-3-15-13-17(5-6-18(15)23)22-21(16-7-9-24-10-8-16)19-14-26(20(28)4-2)11-12-27(19)25-22/h4-10,13H,2-3,11-12,14H2,1H3. The normalized spacial score (nSPS) is 13.3.